The molecule has 0 aromatic heterocycles. The molecule has 0 saturated heterocycles. The highest BCUT2D eigenvalue weighted by Crippen LogP contribution is 2.28. The highest BCUT2D eigenvalue weighted by molar-refractivity contribution is 9.10. The van der Waals surface area contributed by atoms with Crippen LogP contribution < -0.4 is 11.1 Å². The van der Waals surface area contributed by atoms with Crippen molar-refractivity contribution in [2.75, 3.05) is 12.3 Å². The van der Waals surface area contributed by atoms with Gasteiger partial charge in [-0.05, 0) is 42.9 Å². The molecular formula is C15H21BrN2O. The van der Waals surface area contributed by atoms with Crippen LogP contribution in [0.25, 0.3) is 0 Å². The van der Waals surface area contributed by atoms with Crippen LogP contribution in [0, 0.1) is 11.8 Å². The molecule has 0 radical (unpaired) electrons. The number of nitrogens with two attached hydrogens (primary N) is 1. The largest absolute Gasteiger partial charge is 0.398 e. The molecule has 104 valence electrons. The summed E-state index contributed by atoms with van der Waals surface area (Å²) in [5.41, 5.74) is 6.94. The number of rotatable bonds is 3. The van der Waals surface area contributed by atoms with E-state index in [1.165, 1.54) is 25.7 Å². The summed E-state index contributed by atoms with van der Waals surface area (Å²) >= 11 is 3.34. The summed E-state index contributed by atoms with van der Waals surface area (Å²) in [6.07, 6.45) is 5.04. The number of benzene rings is 1. The molecule has 3 N–H and O–H groups in total. The Hall–Kier alpha value is -1.03. The van der Waals surface area contributed by atoms with Crippen molar-refractivity contribution in [3.63, 3.8) is 0 Å². The lowest BCUT2D eigenvalue weighted by molar-refractivity contribution is 0.0941. The van der Waals surface area contributed by atoms with Gasteiger partial charge in [-0.2, -0.15) is 0 Å². The number of carbonyl (C=O) groups excluding carboxylic acids is 1. The number of nitrogen functional groups attached to an aromatic ring is 1. The number of carbonyl (C=O) groups is 1. The number of halogens is 1. The molecule has 1 aromatic carbocycles. The van der Waals surface area contributed by atoms with Crippen molar-refractivity contribution >= 4 is 27.5 Å². The first-order valence-electron chi connectivity index (χ1n) is 6.89. The lowest BCUT2D eigenvalue weighted by Crippen LogP contribution is -2.31. The smallest absolute Gasteiger partial charge is 0.253 e. The molecule has 1 saturated carbocycles. The van der Waals surface area contributed by atoms with Crippen LogP contribution in [0.5, 0.6) is 0 Å². The van der Waals surface area contributed by atoms with E-state index >= 15 is 0 Å². The maximum absolute atomic E-state index is 12.1. The van der Waals surface area contributed by atoms with Gasteiger partial charge in [0.25, 0.3) is 5.91 Å². The summed E-state index contributed by atoms with van der Waals surface area (Å²) in [5.74, 6) is 1.33. The molecule has 4 heteroatoms. The Morgan fingerprint density at radius 3 is 2.95 bits per heavy atom. The molecule has 1 amide bonds. The Balaban J connectivity index is 1.90. The van der Waals surface area contributed by atoms with E-state index in [9.17, 15) is 4.79 Å². The molecule has 3 nitrogen and oxygen atoms in total. The van der Waals surface area contributed by atoms with Gasteiger partial charge >= 0.3 is 0 Å². The van der Waals surface area contributed by atoms with E-state index in [1.54, 1.807) is 12.1 Å². The van der Waals surface area contributed by atoms with Crippen molar-refractivity contribution in [1.29, 1.82) is 0 Å². The third-order valence-corrected chi connectivity index (χ3v) is 4.35. The van der Waals surface area contributed by atoms with Crippen molar-refractivity contribution in [2.24, 2.45) is 11.8 Å². The number of amides is 1. The van der Waals surface area contributed by atoms with Crippen LogP contribution in [0.15, 0.2) is 22.7 Å². The SMILES string of the molecule is CC1CCCC(CNC(=O)c2ccc(Br)cc2N)C1. The fourth-order valence-corrected chi connectivity index (χ4v) is 3.20. The molecule has 19 heavy (non-hydrogen) atoms. The molecule has 0 bridgehead atoms. The van der Waals surface area contributed by atoms with Crippen LogP contribution in [0.4, 0.5) is 5.69 Å². The second-order valence-electron chi connectivity index (χ2n) is 5.58. The van der Waals surface area contributed by atoms with Gasteiger partial charge in [0.2, 0.25) is 0 Å². The van der Waals surface area contributed by atoms with E-state index in [1.807, 2.05) is 6.07 Å². The molecule has 0 heterocycles. The highest BCUT2D eigenvalue weighted by Gasteiger charge is 2.19. The molecule has 1 aliphatic rings. The maximum atomic E-state index is 12.1. The quantitative estimate of drug-likeness (QED) is 0.835. The van der Waals surface area contributed by atoms with Gasteiger partial charge in [-0.25, -0.2) is 0 Å². The molecule has 1 aromatic rings. The minimum atomic E-state index is -0.0665. The molecule has 1 fully saturated rings. The van der Waals surface area contributed by atoms with Crippen LogP contribution in [0.2, 0.25) is 0 Å². The van der Waals surface area contributed by atoms with Gasteiger partial charge in [0.15, 0.2) is 0 Å². The zero-order valence-electron chi connectivity index (χ0n) is 11.3. The predicted octanol–water partition coefficient (Wildman–Crippen LogP) is 3.59. The van der Waals surface area contributed by atoms with Crippen molar-refractivity contribution < 1.29 is 4.79 Å². The predicted molar refractivity (Wildman–Crippen MR) is 82.0 cm³/mol. The van der Waals surface area contributed by atoms with E-state index < -0.39 is 0 Å². The topological polar surface area (TPSA) is 55.1 Å². The second kappa shape index (κ2) is 6.42. The lowest BCUT2D eigenvalue weighted by atomic mass is 9.82. The fourth-order valence-electron chi connectivity index (χ4n) is 2.82. The molecular weight excluding hydrogens is 304 g/mol. The lowest BCUT2D eigenvalue weighted by Gasteiger charge is -2.26. The third kappa shape index (κ3) is 3.96. The molecule has 0 spiro atoms. The Labute approximate surface area is 123 Å². The number of anilines is 1. The molecule has 2 atom stereocenters. The average Bonchev–Trinajstić information content (AvgIpc) is 2.36. The van der Waals surface area contributed by atoms with E-state index in [0.717, 1.165) is 16.9 Å². The van der Waals surface area contributed by atoms with Crippen molar-refractivity contribution in [2.45, 2.75) is 32.6 Å². The van der Waals surface area contributed by atoms with Gasteiger partial charge in [0, 0.05) is 16.7 Å². The van der Waals surface area contributed by atoms with Crippen LogP contribution in [0.3, 0.4) is 0 Å². The van der Waals surface area contributed by atoms with Crippen LogP contribution in [-0.2, 0) is 0 Å². The van der Waals surface area contributed by atoms with Crippen LogP contribution in [0.1, 0.15) is 43.0 Å². The first-order valence-corrected chi connectivity index (χ1v) is 7.68. The minimum absolute atomic E-state index is 0.0665. The highest BCUT2D eigenvalue weighted by atomic mass is 79.9. The number of hydrogen-bond acceptors (Lipinski definition) is 2. The Morgan fingerprint density at radius 1 is 1.47 bits per heavy atom. The van der Waals surface area contributed by atoms with Gasteiger partial charge < -0.3 is 11.1 Å². The normalized spacial score (nSPS) is 23.1. The van der Waals surface area contributed by atoms with Crippen molar-refractivity contribution in [1.82, 2.24) is 5.32 Å². The van der Waals surface area contributed by atoms with E-state index in [2.05, 4.69) is 28.2 Å². The number of nitrogens with one attached hydrogen (secondary N) is 1. The summed E-state index contributed by atoms with van der Waals surface area (Å²) < 4.78 is 0.891. The second-order valence-corrected chi connectivity index (χ2v) is 6.50. The summed E-state index contributed by atoms with van der Waals surface area (Å²) in [6, 6.07) is 5.36. The third-order valence-electron chi connectivity index (χ3n) is 3.85. The molecule has 0 aliphatic heterocycles. The van der Waals surface area contributed by atoms with Gasteiger partial charge in [-0.1, -0.05) is 35.7 Å². The van der Waals surface area contributed by atoms with E-state index in [4.69, 9.17) is 5.73 Å². The molecule has 1 aliphatic carbocycles. The first-order chi connectivity index (χ1) is 9.06. The summed E-state index contributed by atoms with van der Waals surface area (Å²) in [5, 5.41) is 3.02. The first kappa shape index (κ1) is 14.4. The summed E-state index contributed by atoms with van der Waals surface area (Å²) in [6.45, 7) is 3.05. The Bertz CT molecular complexity index is 461. The number of hydrogen-bond donors (Lipinski definition) is 2. The standard InChI is InChI=1S/C15H21BrN2O/c1-10-3-2-4-11(7-10)9-18-15(19)13-6-5-12(16)8-14(13)17/h5-6,8,10-11H,2-4,7,9,17H2,1H3,(H,18,19). The molecule has 2 unspecified atom stereocenters. The van der Waals surface area contributed by atoms with Crippen LogP contribution >= 0.6 is 15.9 Å². The zero-order chi connectivity index (χ0) is 13.8. The zero-order valence-corrected chi connectivity index (χ0v) is 12.9. The maximum Gasteiger partial charge on any atom is 0.253 e. The van der Waals surface area contributed by atoms with E-state index in [-0.39, 0.29) is 5.91 Å². The molecule has 2 rings (SSSR count). The Morgan fingerprint density at radius 2 is 2.26 bits per heavy atom. The van der Waals surface area contributed by atoms with Gasteiger partial charge in [-0.15, -0.1) is 0 Å². The minimum Gasteiger partial charge on any atom is -0.398 e. The van der Waals surface area contributed by atoms with Crippen molar-refractivity contribution in [3.8, 4) is 0 Å². The monoisotopic (exact) mass is 324 g/mol. The van der Waals surface area contributed by atoms with Crippen LogP contribution in [-0.4, -0.2) is 12.5 Å². The van der Waals surface area contributed by atoms with Crippen molar-refractivity contribution in [3.05, 3.63) is 28.2 Å². The van der Waals surface area contributed by atoms with Gasteiger partial charge in [-0.3, -0.25) is 4.79 Å². The van der Waals surface area contributed by atoms with Gasteiger partial charge in [0.1, 0.15) is 0 Å². The van der Waals surface area contributed by atoms with E-state index in [0.29, 0.717) is 17.2 Å². The fraction of sp³-hybridized carbons (Fsp3) is 0.533. The Kier molecular flexibility index (Phi) is 4.86. The average molecular weight is 325 g/mol. The van der Waals surface area contributed by atoms with Gasteiger partial charge in [0.05, 0.1) is 5.56 Å². The summed E-state index contributed by atoms with van der Waals surface area (Å²) in [7, 11) is 0. The summed E-state index contributed by atoms with van der Waals surface area (Å²) in [4.78, 5) is 12.1.